The number of benzene rings is 2. The van der Waals surface area contributed by atoms with Crippen molar-refractivity contribution in [2.75, 3.05) is 11.6 Å². The number of hydrogen-bond donors (Lipinski definition) is 3. The van der Waals surface area contributed by atoms with Crippen LogP contribution in [0.2, 0.25) is 0 Å². The molecule has 0 saturated carbocycles. The van der Waals surface area contributed by atoms with Gasteiger partial charge in [0.1, 0.15) is 5.04 Å². The number of aromatic nitrogens is 3. The molecule has 5 nitrogen and oxygen atoms in total. The number of anilines is 1. The topological polar surface area (TPSA) is 68.9 Å². The number of rotatable bonds is 0. The first-order valence-corrected chi connectivity index (χ1v) is 10.2. The summed E-state index contributed by atoms with van der Waals surface area (Å²) in [5.41, 5.74) is 8.93. The van der Waals surface area contributed by atoms with Crippen LogP contribution < -0.4 is 5.32 Å². The van der Waals surface area contributed by atoms with Gasteiger partial charge >= 0.3 is 0 Å². The summed E-state index contributed by atoms with van der Waals surface area (Å²) < 4.78 is 0. The van der Waals surface area contributed by atoms with E-state index in [1.165, 1.54) is 21.9 Å². The predicted molar refractivity (Wildman–Crippen MR) is 114 cm³/mol. The van der Waals surface area contributed by atoms with Crippen molar-refractivity contribution in [3.05, 3.63) is 59.4 Å². The summed E-state index contributed by atoms with van der Waals surface area (Å²) >= 11 is 1.71. The second-order valence-electron chi connectivity index (χ2n) is 6.93. The van der Waals surface area contributed by atoms with Gasteiger partial charge in [-0.05, 0) is 48.9 Å². The summed E-state index contributed by atoms with van der Waals surface area (Å²) in [6, 6.07) is 12.6. The number of nitrogens with one attached hydrogen (secondary N) is 3. The first-order valence-electron chi connectivity index (χ1n) is 9.02. The van der Waals surface area contributed by atoms with Gasteiger partial charge in [0.2, 0.25) is 0 Å². The molecule has 3 heterocycles. The Hall–Kier alpha value is -2.99. The van der Waals surface area contributed by atoms with E-state index in [1.807, 2.05) is 18.3 Å². The second-order valence-corrected chi connectivity index (χ2v) is 7.72. The zero-order valence-electron chi connectivity index (χ0n) is 14.8. The fourth-order valence-corrected chi connectivity index (χ4v) is 4.80. The lowest BCUT2D eigenvalue weighted by Gasteiger charge is -2.20. The smallest absolute Gasteiger partial charge is 0.102 e. The van der Waals surface area contributed by atoms with Crippen LogP contribution in [-0.2, 0) is 6.42 Å². The maximum atomic E-state index is 5.03. The molecule has 1 aliphatic heterocycles. The predicted octanol–water partition coefficient (Wildman–Crippen LogP) is 5.22. The molecule has 6 heteroatoms. The molecule has 0 saturated heterocycles. The van der Waals surface area contributed by atoms with Crippen LogP contribution in [0, 0.1) is 0 Å². The zero-order valence-corrected chi connectivity index (χ0v) is 15.6. The molecular weight excluding hydrogens is 354 g/mol. The minimum atomic E-state index is 0.973. The Morgan fingerprint density at radius 1 is 1.11 bits per heavy atom. The van der Waals surface area contributed by atoms with E-state index in [9.17, 15) is 0 Å². The molecule has 0 fully saturated rings. The number of aryl methyl sites for hydroxylation is 1. The lowest BCUT2D eigenvalue weighted by molar-refractivity contribution is 0.958. The third kappa shape index (κ3) is 2.13. The van der Waals surface area contributed by atoms with Crippen LogP contribution in [0.4, 0.5) is 11.4 Å². The van der Waals surface area contributed by atoms with Crippen molar-refractivity contribution >= 4 is 55.7 Å². The van der Waals surface area contributed by atoms with E-state index < -0.39 is 0 Å². The Morgan fingerprint density at radius 3 is 2.96 bits per heavy atom. The molecule has 2 aromatic heterocycles. The summed E-state index contributed by atoms with van der Waals surface area (Å²) in [7, 11) is 0. The van der Waals surface area contributed by atoms with Gasteiger partial charge in [0.05, 0.1) is 33.8 Å². The van der Waals surface area contributed by atoms with E-state index >= 15 is 0 Å². The molecule has 6 rings (SSSR count). The highest BCUT2D eigenvalue weighted by Crippen LogP contribution is 2.42. The van der Waals surface area contributed by atoms with Crippen LogP contribution in [0.3, 0.4) is 0 Å². The van der Waals surface area contributed by atoms with Crippen LogP contribution in [0.25, 0.3) is 27.5 Å². The molecule has 0 spiro atoms. The molecule has 3 N–H and O–H groups in total. The Bertz CT molecular complexity index is 1290. The highest BCUT2D eigenvalue weighted by atomic mass is 32.2. The van der Waals surface area contributed by atoms with Crippen molar-refractivity contribution in [1.29, 1.82) is 0 Å². The maximum Gasteiger partial charge on any atom is 0.102 e. The van der Waals surface area contributed by atoms with E-state index in [-0.39, 0.29) is 0 Å². The molecule has 2 aliphatic rings. The Morgan fingerprint density at radius 2 is 2.04 bits per heavy atom. The van der Waals surface area contributed by atoms with Crippen molar-refractivity contribution < 1.29 is 0 Å². The summed E-state index contributed by atoms with van der Waals surface area (Å²) in [5.74, 6) is 0. The highest BCUT2D eigenvalue weighted by Gasteiger charge is 2.29. The van der Waals surface area contributed by atoms with Gasteiger partial charge < -0.3 is 15.5 Å². The van der Waals surface area contributed by atoms with Crippen molar-refractivity contribution in [3.63, 3.8) is 0 Å². The van der Waals surface area contributed by atoms with Gasteiger partial charge in [-0.1, -0.05) is 12.1 Å². The highest BCUT2D eigenvalue weighted by molar-refractivity contribution is 8.13. The third-order valence-corrected chi connectivity index (χ3v) is 6.17. The Kier molecular flexibility index (Phi) is 3.08. The van der Waals surface area contributed by atoms with E-state index in [1.54, 1.807) is 11.8 Å². The van der Waals surface area contributed by atoms with Gasteiger partial charge in [-0.2, -0.15) is 0 Å². The number of H-pyrrole nitrogens is 2. The van der Waals surface area contributed by atoms with Gasteiger partial charge in [0.15, 0.2) is 0 Å². The monoisotopic (exact) mass is 371 g/mol. The lowest BCUT2D eigenvalue weighted by Crippen LogP contribution is -2.13. The summed E-state index contributed by atoms with van der Waals surface area (Å²) in [6.45, 7) is 0. The minimum Gasteiger partial charge on any atom is -0.352 e. The molecule has 1 aliphatic carbocycles. The number of aromatic amines is 2. The average Bonchev–Trinajstić information content (AvgIpc) is 3.25. The molecule has 0 unspecified atom stereocenters. The van der Waals surface area contributed by atoms with Gasteiger partial charge in [-0.15, -0.1) is 11.8 Å². The molecule has 0 atom stereocenters. The zero-order chi connectivity index (χ0) is 18.0. The number of para-hydroxylation sites is 2. The largest absolute Gasteiger partial charge is 0.352 e. The number of thioether (sulfide) groups is 1. The van der Waals surface area contributed by atoms with Crippen LogP contribution in [0.5, 0.6) is 0 Å². The first-order chi connectivity index (χ1) is 13.3. The van der Waals surface area contributed by atoms with Crippen molar-refractivity contribution in [2.24, 2.45) is 4.99 Å². The Balaban J connectivity index is 1.62. The third-order valence-electron chi connectivity index (χ3n) is 5.45. The molecule has 0 bridgehead atoms. The van der Waals surface area contributed by atoms with Gasteiger partial charge in [0, 0.05) is 22.5 Å². The number of hydrogen-bond acceptors (Lipinski definition) is 4. The fourth-order valence-electron chi connectivity index (χ4n) is 4.16. The number of fused-ring (bicyclic) bond motifs is 6. The first kappa shape index (κ1) is 15.1. The number of aliphatic imine (C=N–C) groups is 1. The Labute approximate surface area is 160 Å². The lowest BCUT2D eigenvalue weighted by atomic mass is 9.92. The van der Waals surface area contributed by atoms with Crippen LogP contribution in [0.1, 0.15) is 17.7 Å². The van der Waals surface area contributed by atoms with E-state index in [0.717, 1.165) is 51.7 Å². The van der Waals surface area contributed by atoms with Crippen LogP contribution in [-0.4, -0.2) is 26.5 Å². The van der Waals surface area contributed by atoms with E-state index in [4.69, 9.17) is 9.98 Å². The molecule has 2 aromatic carbocycles. The molecule has 4 aromatic rings. The molecule has 27 heavy (non-hydrogen) atoms. The maximum absolute atomic E-state index is 5.03. The van der Waals surface area contributed by atoms with Crippen molar-refractivity contribution in [1.82, 2.24) is 15.2 Å². The summed E-state index contributed by atoms with van der Waals surface area (Å²) in [5, 5.41) is 13.4. The van der Waals surface area contributed by atoms with Gasteiger partial charge in [-0.3, -0.25) is 0 Å². The van der Waals surface area contributed by atoms with Crippen LogP contribution >= 0.6 is 11.8 Å². The van der Waals surface area contributed by atoms with Crippen molar-refractivity contribution in [3.8, 4) is 0 Å². The molecule has 132 valence electrons. The molecule has 0 amide bonds. The van der Waals surface area contributed by atoms with Gasteiger partial charge in [-0.25, -0.2) is 9.98 Å². The van der Waals surface area contributed by atoms with E-state index in [2.05, 4.69) is 46.0 Å². The number of nitrogens with zero attached hydrogens (tertiary/aromatic N) is 2. The van der Waals surface area contributed by atoms with E-state index in [0.29, 0.717) is 0 Å². The summed E-state index contributed by atoms with van der Waals surface area (Å²) in [6.07, 6.45) is 6.06. The molecule has 0 radical (unpaired) electrons. The second kappa shape index (κ2) is 5.50. The summed E-state index contributed by atoms with van der Waals surface area (Å²) in [4.78, 5) is 9.96. The van der Waals surface area contributed by atoms with Crippen molar-refractivity contribution in [2.45, 2.75) is 12.8 Å². The van der Waals surface area contributed by atoms with Gasteiger partial charge in [0.25, 0.3) is 0 Å². The molecular formula is C21H17N5S. The quantitative estimate of drug-likeness (QED) is 0.397. The normalized spacial score (nSPS) is 15.8. The standard InChI is InChI=1S/C21H17N5S/c1-27-21-13-7-6-12-14-8-11-10-22-26-17(11)9-18(14)24-19(12)20(13)23-15-4-2-3-5-16(15)25-21/h2-5,8-10,22-23,26H,6-7H2,1H3. The SMILES string of the molecule is CSC1=Nc2ccccc2NC2=C1CCc1c2nc2cc3[nH][nH]cc3cc12. The van der Waals surface area contributed by atoms with Crippen LogP contribution in [0.15, 0.2) is 53.2 Å². The fraction of sp³-hybridized carbons (Fsp3) is 0.143. The minimum absolute atomic E-state index is 0.973. The average molecular weight is 371 g/mol.